The van der Waals surface area contributed by atoms with E-state index in [1.807, 2.05) is 0 Å². The molecule has 0 aromatic rings. The minimum Gasteiger partial charge on any atom is -0.481 e. The molecule has 0 bridgehead atoms. The molecule has 0 fully saturated rings. The van der Waals surface area contributed by atoms with Crippen LogP contribution in [0.1, 0.15) is 13.3 Å². The number of rotatable bonds is 3. The van der Waals surface area contributed by atoms with Crippen LogP contribution in [0.4, 0.5) is 0 Å². The number of hydrogen-bond donors (Lipinski definition) is 3. The van der Waals surface area contributed by atoms with Crippen LogP contribution in [-0.4, -0.2) is 28.3 Å². The molecule has 0 radical (unpaired) electrons. The Morgan fingerprint density at radius 1 is 1.70 bits per heavy atom. The van der Waals surface area contributed by atoms with Crippen molar-refractivity contribution in [2.24, 2.45) is 5.73 Å². The Bertz CT molecular complexity index is 107. The molecule has 0 saturated heterocycles. The summed E-state index contributed by atoms with van der Waals surface area (Å²) in [6.45, 7) is 1.47. The van der Waals surface area contributed by atoms with Gasteiger partial charge in [0, 0.05) is 6.04 Å². The average Bonchev–Trinajstić information content (AvgIpc) is 1.63. The fraction of sp³-hybridized carbons (Fsp3) is 0.800. The van der Waals surface area contributed by atoms with Gasteiger partial charge in [-0.1, -0.05) is 0 Å². The Morgan fingerprint density at radius 2 is 2.10 bits per heavy atom. The monoisotopic (exact) mass is 169 g/mol. The number of aliphatic hydroxyl groups is 1. The van der Waals surface area contributed by atoms with E-state index >= 15 is 0 Å². The number of carbonyl (C=O) groups is 1. The molecule has 5 heteroatoms. The summed E-state index contributed by atoms with van der Waals surface area (Å²) in [5.41, 5.74) is 5.19. The normalized spacial score (nSPS) is 15.1. The summed E-state index contributed by atoms with van der Waals surface area (Å²) >= 11 is 0. The zero-order chi connectivity index (χ0) is 7.44. The first-order valence-electron chi connectivity index (χ1n) is 2.69. The predicted molar refractivity (Wildman–Crippen MR) is 39.2 cm³/mol. The van der Waals surface area contributed by atoms with Crippen LogP contribution in [0, 0.1) is 0 Å². The van der Waals surface area contributed by atoms with E-state index in [2.05, 4.69) is 0 Å². The zero-order valence-electron chi connectivity index (χ0n) is 5.65. The van der Waals surface area contributed by atoms with Crippen molar-refractivity contribution in [2.45, 2.75) is 25.5 Å². The minimum absolute atomic E-state index is 0. The van der Waals surface area contributed by atoms with Gasteiger partial charge in [-0.15, -0.1) is 12.4 Å². The molecule has 0 aliphatic heterocycles. The maximum absolute atomic E-state index is 9.92. The standard InChI is InChI=1S/C5H11NO3.ClH/c1-3(7)4(6)2-5(8)9;/h3-4,7H,2,6H2,1H3,(H,8,9);1H/t3-,4+;/m0./s1. The molecule has 10 heavy (non-hydrogen) atoms. The van der Waals surface area contributed by atoms with Crippen molar-refractivity contribution < 1.29 is 15.0 Å². The minimum atomic E-state index is -0.983. The Morgan fingerprint density at radius 3 is 2.20 bits per heavy atom. The molecule has 0 unspecified atom stereocenters. The third kappa shape index (κ3) is 5.81. The number of carboxylic acid groups (broad SMARTS) is 1. The smallest absolute Gasteiger partial charge is 0.305 e. The van der Waals surface area contributed by atoms with Gasteiger partial charge in [-0.05, 0) is 6.92 Å². The van der Waals surface area contributed by atoms with Gasteiger partial charge in [0.1, 0.15) is 0 Å². The molecule has 4 N–H and O–H groups in total. The molecule has 62 valence electrons. The van der Waals surface area contributed by atoms with Gasteiger partial charge in [-0.2, -0.15) is 0 Å². The first-order valence-corrected chi connectivity index (χ1v) is 2.69. The van der Waals surface area contributed by atoms with E-state index in [9.17, 15) is 4.79 Å². The molecule has 0 amide bonds. The van der Waals surface area contributed by atoms with Gasteiger partial charge < -0.3 is 15.9 Å². The van der Waals surface area contributed by atoms with Crippen LogP contribution in [0.25, 0.3) is 0 Å². The van der Waals surface area contributed by atoms with Crippen LogP contribution in [-0.2, 0) is 4.79 Å². The maximum atomic E-state index is 9.92. The summed E-state index contributed by atoms with van der Waals surface area (Å²) < 4.78 is 0. The van der Waals surface area contributed by atoms with Gasteiger partial charge in [0.15, 0.2) is 0 Å². The molecule has 2 atom stereocenters. The zero-order valence-corrected chi connectivity index (χ0v) is 6.47. The van der Waals surface area contributed by atoms with Gasteiger partial charge in [-0.3, -0.25) is 4.79 Å². The number of hydrogen-bond acceptors (Lipinski definition) is 3. The molecular formula is C5H12ClNO3. The second-order valence-electron chi connectivity index (χ2n) is 2.00. The second-order valence-corrected chi connectivity index (χ2v) is 2.00. The van der Waals surface area contributed by atoms with E-state index in [1.54, 1.807) is 0 Å². The highest BCUT2D eigenvalue weighted by Gasteiger charge is 2.12. The maximum Gasteiger partial charge on any atom is 0.305 e. The molecule has 0 saturated carbocycles. The summed E-state index contributed by atoms with van der Waals surface area (Å²) in [4.78, 5) is 9.92. The Labute approximate surface area is 65.4 Å². The molecular weight excluding hydrogens is 158 g/mol. The van der Waals surface area contributed by atoms with Gasteiger partial charge in [0.2, 0.25) is 0 Å². The van der Waals surface area contributed by atoms with Crippen molar-refractivity contribution in [1.29, 1.82) is 0 Å². The second kappa shape index (κ2) is 5.46. The summed E-state index contributed by atoms with van der Waals surface area (Å²) in [5, 5.41) is 16.8. The summed E-state index contributed by atoms with van der Waals surface area (Å²) in [5.74, 6) is -0.983. The molecule has 0 heterocycles. The summed E-state index contributed by atoms with van der Waals surface area (Å²) in [6, 6.07) is -0.650. The molecule has 0 aromatic heterocycles. The topological polar surface area (TPSA) is 83.5 Å². The number of aliphatic hydroxyl groups excluding tert-OH is 1. The fourth-order valence-corrected chi connectivity index (χ4v) is 0.372. The summed E-state index contributed by atoms with van der Waals surface area (Å²) in [6.07, 6.45) is -0.932. The number of halogens is 1. The third-order valence-electron chi connectivity index (χ3n) is 1.03. The van der Waals surface area contributed by atoms with Crippen molar-refractivity contribution in [3.63, 3.8) is 0 Å². The molecule has 0 rings (SSSR count). The first-order chi connectivity index (χ1) is 4.04. The van der Waals surface area contributed by atoms with Crippen LogP contribution in [0.3, 0.4) is 0 Å². The first kappa shape index (κ1) is 12.4. The lowest BCUT2D eigenvalue weighted by molar-refractivity contribution is -0.138. The van der Waals surface area contributed by atoms with Crippen molar-refractivity contribution >= 4 is 18.4 Å². The van der Waals surface area contributed by atoms with Gasteiger partial charge >= 0.3 is 5.97 Å². The lowest BCUT2D eigenvalue weighted by Crippen LogP contribution is -2.34. The fourth-order valence-electron chi connectivity index (χ4n) is 0.372. The van der Waals surface area contributed by atoms with E-state index in [-0.39, 0.29) is 18.8 Å². The number of carboxylic acids is 1. The van der Waals surface area contributed by atoms with Crippen LogP contribution >= 0.6 is 12.4 Å². The molecule has 4 nitrogen and oxygen atoms in total. The van der Waals surface area contributed by atoms with E-state index in [0.29, 0.717) is 0 Å². The lowest BCUT2D eigenvalue weighted by Gasteiger charge is -2.10. The van der Waals surface area contributed by atoms with E-state index in [4.69, 9.17) is 15.9 Å². The lowest BCUT2D eigenvalue weighted by atomic mass is 10.1. The van der Waals surface area contributed by atoms with Crippen LogP contribution in [0.5, 0.6) is 0 Å². The van der Waals surface area contributed by atoms with Crippen molar-refractivity contribution in [3.8, 4) is 0 Å². The molecule has 0 spiro atoms. The largest absolute Gasteiger partial charge is 0.481 e. The molecule has 0 aromatic carbocycles. The quantitative estimate of drug-likeness (QED) is 0.537. The van der Waals surface area contributed by atoms with Gasteiger partial charge in [0.05, 0.1) is 12.5 Å². The van der Waals surface area contributed by atoms with Gasteiger partial charge in [-0.25, -0.2) is 0 Å². The molecule has 0 aliphatic carbocycles. The Kier molecular flexibility index (Phi) is 6.76. The number of aliphatic carboxylic acids is 1. The Hall–Kier alpha value is -0.320. The van der Waals surface area contributed by atoms with E-state index in [0.717, 1.165) is 0 Å². The van der Waals surface area contributed by atoms with Crippen molar-refractivity contribution in [1.82, 2.24) is 0 Å². The highest BCUT2D eigenvalue weighted by Crippen LogP contribution is 1.93. The highest BCUT2D eigenvalue weighted by atomic mass is 35.5. The number of nitrogens with two attached hydrogens (primary N) is 1. The predicted octanol–water partition coefficient (Wildman–Crippen LogP) is -0.409. The van der Waals surface area contributed by atoms with Gasteiger partial charge in [0.25, 0.3) is 0 Å². The molecule has 0 aliphatic rings. The summed E-state index contributed by atoms with van der Waals surface area (Å²) in [7, 11) is 0. The average molecular weight is 170 g/mol. The van der Waals surface area contributed by atoms with E-state index in [1.165, 1.54) is 6.92 Å². The van der Waals surface area contributed by atoms with E-state index < -0.39 is 18.1 Å². The van der Waals surface area contributed by atoms with Crippen molar-refractivity contribution in [3.05, 3.63) is 0 Å². The van der Waals surface area contributed by atoms with Crippen LogP contribution in [0.15, 0.2) is 0 Å². The highest BCUT2D eigenvalue weighted by molar-refractivity contribution is 5.85. The SMILES string of the molecule is C[C@H](O)[C@H](N)CC(=O)O.Cl. The van der Waals surface area contributed by atoms with Crippen LogP contribution in [0.2, 0.25) is 0 Å². The third-order valence-corrected chi connectivity index (χ3v) is 1.03. The van der Waals surface area contributed by atoms with Crippen molar-refractivity contribution in [2.75, 3.05) is 0 Å². The Balaban J connectivity index is 0. The van der Waals surface area contributed by atoms with Crippen LogP contribution < -0.4 is 5.73 Å².